The molecule has 0 aliphatic heterocycles. The highest BCUT2D eigenvalue weighted by molar-refractivity contribution is 5.53. The molecule has 0 bridgehead atoms. The number of rotatable bonds is 5. The Balaban J connectivity index is 1.90. The minimum atomic E-state index is -0.388. The Hall–Kier alpha value is -1.65. The topological polar surface area (TPSA) is 58.3 Å². The molecule has 114 valence electrons. The summed E-state index contributed by atoms with van der Waals surface area (Å²) in [5, 5.41) is 13.2. The van der Waals surface area contributed by atoms with Gasteiger partial charge < -0.3 is 14.8 Å². The number of oxazole rings is 1. The average molecular weight is 288 g/mol. The van der Waals surface area contributed by atoms with E-state index in [1.165, 1.54) is 5.56 Å². The van der Waals surface area contributed by atoms with Gasteiger partial charge in [-0.1, -0.05) is 38.5 Å². The van der Waals surface area contributed by atoms with Crippen LogP contribution in [0.2, 0.25) is 0 Å². The normalized spacial score (nSPS) is 13.4. The zero-order chi connectivity index (χ0) is 15.5. The highest BCUT2D eigenvalue weighted by Crippen LogP contribution is 2.20. The number of aliphatic hydroxyl groups excluding tert-OH is 1. The van der Waals surface area contributed by atoms with Crippen molar-refractivity contribution in [3.63, 3.8) is 0 Å². The molecule has 2 aromatic rings. The van der Waals surface area contributed by atoms with E-state index >= 15 is 0 Å². The van der Waals surface area contributed by atoms with Gasteiger partial charge in [0.15, 0.2) is 0 Å². The maximum atomic E-state index is 9.97. The van der Waals surface area contributed by atoms with Crippen molar-refractivity contribution < 1.29 is 9.52 Å². The van der Waals surface area contributed by atoms with Gasteiger partial charge in [-0.2, -0.15) is 0 Å². The summed E-state index contributed by atoms with van der Waals surface area (Å²) in [6.07, 6.45) is 1.27. The molecule has 4 nitrogen and oxygen atoms in total. The van der Waals surface area contributed by atoms with Gasteiger partial charge in [-0.15, -0.1) is 0 Å². The molecule has 2 N–H and O–H groups in total. The Labute approximate surface area is 126 Å². The number of hydrogen-bond acceptors (Lipinski definition) is 4. The highest BCUT2D eigenvalue weighted by Gasteiger charge is 2.21. The van der Waals surface area contributed by atoms with E-state index in [1.54, 1.807) is 6.26 Å². The van der Waals surface area contributed by atoms with E-state index < -0.39 is 0 Å². The molecule has 21 heavy (non-hydrogen) atoms. The smallest absolute Gasteiger partial charge is 0.226 e. The lowest BCUT2D eigenvalue weighted by atomic mass is 9.89. The first-order valence-corrected chi connectivity index (χ1v) is 7.26. The average Bonchev–Trinajstić information content (AvgIpc) is 2.87. The number of nitrogens with zero attached hydrogens (tertiary/aromatic N) is 1. The van der Waals surface area contributed by atoms with E-state index in [9.17, 15) is 5.11 Å². The minimum Gasteiger partial charge on any atom is -0.444 e. The number of aliphatic hydroxyl groups is 1. The highest BCUT2D eigenvalue weighted by atomic mass is 16.3. The molecule has 0 fully saturated rings. The first kappa shape index (κ1) is 15.7. The molecule has 1 aromatic heterocycles. The summed E-state index contributed by atoms with van der Waals surface area (Å²) in [6, 6.07) is 8.08. The summed E-state index contributed by atoms with van der Waals surface area (Å²) < 4.78 is 5.50. The lowest BCUT2D eigenvalue weighted by molar-refractivity contribution is 0.0627. The van der Waals surface area contributed by atoms with E-state index in [-0.39, 0.29) is 11.5 Å². The van der Waals surface area contributed by atoms with Crippen LogP contribution in [0.5, 0.6) is 0 Å². The van der Waals surface area contributed by atoms with Crippen molar-refractivity contribution in [3.8, 4) is 11.5 Å². The second kappa shape index (κ2) is 6.41. The van der Waals surface area contributed by atoms with Crippen LogP contribution >= 0.6 is 0 Å². The maximum Gasteiger partial charge on any atom is 0.226 e. The van der Waals surface area contributed by atoms with Crippen LogP contribution in [0, 0.1) is 12.3 Å². The monoisotopic (exact) mass is 288 g/mol. The summed E-state index contributed by atoms with van der Waals surface area (Å²) >= 11 is 0. The summed E-state index contributed by atoms with van der Waals surface area (Å²) in [6.45, 7) is 9.23. The number of nitrogens with one attached hydrogen (secondary N) is 1. The molecule has 4 heteroatoms. The van der Waals surface area contributed by atoms with Gasteiger partial charge in [-0.05, 0) is 24.5 Å². The third kappa shape index (κ3) is 4.41. The van der Waals surface area contributed by atoms with Gasteiger partial charge in [0.2, 0.25) is 5.89 Å². The number of benzene rings is 1. The third-order valence-electron chi connectivity index (χ3n) is 3.49. The largest absolute Gasteiger partial charge is 0.444 e. The maximum absolute atomic E-state index is 9.97. The van der Waals surface area contributed by atoms with Crippen molar-refractivity contribution in [2.75, 3.05) is 6.54 Å². The van der Waals surface area contributed by atoms with E-state index in [0.717, 1.165) is 11.3 Å². The zero-order valence-corrected chi connectivity index (χ0v) is 13.2. The van der Waals surface area contributed by atoms with Crippen LogP contribution < -0.4 is 5.32 Å². The molecule has 0 saturated carbocycles. The van der Waals surface area contributed by atoms with Crippen LogP contribution in [-0.2, 0) is 6.54 Å². The number of hydrogen-bond donors (Lipinski definition) is 2. The standard InChI is InChI=1S/C17H24N2O2/c1-12-5-7-13(8-6-12)16-19-14(11-21-16)9-18-10-15(20)17(2,3)4/h5-8,11,15,18,20H,9-10H2,1-4H3. The predicted octanol–water partition coefficient (Wildman–Crippen LogP) is 3.15. The Morgan fingerprint density at radius 1 is 1.24 bits per heavy atom. The lowest BCUT2D eigenvalue weighted by Gasteiger charge is -2.25. The molecule has 0 aliphatic carbocycles. The molecule has 0 saturated heterocycles. The molecule has 2 rings (SSSR count). The molecule has 0 aliphatic rings. The fourth-order valence-electron chi connectivity index (χ4n) is 1.86. The molecule has 1 unspecified atom stereocenters. The minimum absolute atomic E-state index is 0.121. The fraction of sp³-hybridized carbons (Fsp3) is 0.471. The molecular formula is C17H24N2O2. The molecule has 0 amide bonds. The van der Waals surface area contributed by atoms with Crippen LogP contribution in [0.4, 0.5) is 0 Å². The second-order valence-corrected chi connectivity index (χ2v) is 6.52. The van der Waals surface area contributed by atoms with Crippen LogP contribution in [0.15, 0.2) is 34.9 Å². The van der Waals surface area contributed by atoms with Gasteiger partial charge in [-0.25, -0.2) is 4.98 Å². The Morgan fingerprint density at radius 3 is 2.52 bits per heavy atom. The van der Waals surface area contributed by atoms with Crippen molar-refractivity contribution in [2.24, 2.45) is 5.41 Å². The molecule has 0 spiro atoms. The van der Waals surface area contributed by atoms with E-state index in [2.05, 4.69) is 17.2 Å². The van der Waals surface area contributed by atoms with E-state index in [4.69, 9.17) is 4.42 Å². The van der Waals surface area contributed by atoms with Gasteiger partial charge in [0.05, 0.1) is 11.8 Å². The third-order valence-corrected chi connectivity index (χ3v) is 3.49. The van der Waals surface area contributed by atoms with Crippen molar-refractivity contribution in [2.45, 2.75) is 40.3 Å². The van der Waals surface area contributed by atoms with Gasteiger partial charge in [0.25, 0.3) is 0 Å². The molecule has 0 radical (unpaired) electrons. The summed E-state index contributed by atoms with van der Waals surface area (Å²) in [4.78, 5) is 4.46. The Morgan fingerprint density at radius 2 is 1.90 bits per heavy atom. The van der Waals surface area contributed by atoms with Crippen molar-refractivity contribution in [1.82, 2.24) is 10.3 Å². The van der Waals surface area contributed by atoms with Gasteiger partial charge >= 0.3 is 0 Å². The van der Waals surface area contributed by atoms with E-state index in [1.807, 2.05) is 45.0 Å². The molecule has 1 aromatic carbocycles. The lowest BCUT2D eigenvalue weighted by Crippen LogP contribution is -2.36. The zero-order valence-electron chi connectivity index (χ0n) is 13.2. The van der Waals surface area contributed by atoms with E-state index in [0.29, 0.717) is 19.0 Å². The second-order valence-electron chi connectivity index (χ2n) is 6.52. The van der Waals surface area contributed by atoms with Crippen molar-refractivity contribution >= 4 is 0 Å². The van der Waals surface area contributed by atoms with Crippen molar-refractivity contribution in [1.29, 1.82) is 0 Å². The molecule has 1 atom stereocenters. The van der Waals surface area contributed by atoms with Gasteiger partial charge in [0, 0.05) is 18.7 Å². The summed E-state index contributed by atoms with van der Waals surface area (Å²) in [5.74, 6) is 0.628. The SMILES string of the molecule is Cc1ccc(-c2nc(CNCC(O)C(C)(C)C)co2)cc1. The number of aryl methyl sites for hydroxylation is 1. The quantitative estimate of drug-likeness (QED) is 0.887. The first-order chi connectivity index (χ1) is 9.86. The number of aromatic nitrogens is 1. The first-order valence-electron chi connectivity index (χ1n) is 7.26. The molecule has 1 heterocycles. The van der Waals surface area contributed by atoms with Crippen LogP contribution in [0.25, 0.3) is 11.5 Å². The van der Waals surface area contributed by atoms with Gasteiger partial charge in [-0.3, -0.25) is 0 Å². The Kier molecular flexibility index (Phi) is 4.80. The van der Waals surface area contributed by atoms with Crippen LogP contribution in [0.1, 0.15) is 32.0 Å². The van der Waals surface area contributed by atoms with Crippen LogP contribution in [-0.4, -0.2) is 22.7 Å². The predicted molar refractivity (Wildman–Crippen MR) is 83.8 cm³/mol. The Bertz CT molecular complexity index is 567. The van der Waals surface area contributed by atoms with Crippen molar-refractivity contribution in [3.05, 3.63) is 41.8 Å². The fourth-order valence-corrected chi connectivity index (χ4v) is 1.86. The molecular weight excluding hydrogens is 264 g/mol. The summed E-state index contributed by atoms with van der Waals surface area (Å²) in [7, 11) is 0. The van der Waals surface area contributed by atoms with Gasteiger partial charge in [0.1, 0.15) is 6.26 Å². The van der Waals surface area contributed by atoms with Crippen LogP contribution in [0.3, 0.4) is 0 Å². The summed E-state index contributed by atoms with van der Waals surface area (Å²) in [5.41, 5.74) is 2.90.